The van der Waals surface area contributed by atoms with Crippen LogP contribution in [-0.2, 0) is 14.3 Å². The molecule has 0 atom stereocenters. The van der Waals surface area contributed by atoms with Crippen molar-refractivity contribution in [3.63, 3.8) is 0 Å². The van der Waals surface area contributed by atoms with E-state index in [4.69, 9.17) is 0 Å². The zero-order valence-electron chi connectivity index (χ0n) is 9.93. The lowest BCUT2D eigenvalue weighted by Crippen LogP contribution is -2.42. The molecule has 2 amide bonds. The maximum atomic E-state index is 11.5. The Morgan fingerprint density at radius 2 is 1.78 bits per heavy atom. The molecule has 1 rings (SSSR count). The summed E-state index contributed by atoms with van der Waals surface area (Å²) in [5, 5.41) is 0. The molecule has 0 heterocycles. The lowest BCUT2D eigenvalue weighted by atomic mass is 10.2. The number of nitrogens with one attached hydrogen (secondary N) is 2. The average Bonchev–Trinajstić information content (AvgIpc) is 2.37. The number of esters is 1. The van der Waals surface area contributed by atoms with Gasteiger partial charge in [0.2, 0.25) is 5.91 Å². The number of benzene rings is 1. The lowest BCUT2D eigenvalue weighted by molar-refractivity contribution is -0.146. The molecule has 0 radical (unpaired) electrons. The molecule has 0 aromatic heterocycles. The zero-order valence-corrected chi connectivity index (χ0v) is 9.93. The smallest absolute Gasteiger partial charge is 0.315 e. The molecular formula is C12H14N2O4. The topological polar surface area (TPSA) is 84.5 Å². The van der Waals surface area contributed by atoms with Crippen molar-refractivity contribution in [3.05, 3.63) is 35.9 Å². The number of ether oxygens (including phenoxy) is 1. The first-order valence-electron chi connectivity index (χ1n) is 5.43. The molecule has 6 heteroatoms. The summed E-state index contributed by atoms with van der Waals surface area (Å²) in [7, 11) is 0. The van der Waals surface area contributed by atoms with Gasteiger partial charge < -0.3 is 4.74 Å². The van der Waals surface area contributed by atoms with Crippen LogP contribution in [0.1, 0.15) is 23.7 Å². The molecule has 18 heavy (non-hydrogen) atoms. The fourth-order valence-corrected chi connectivity index (χ4v) is 1.18. The van der Waals surface area contributed by atoms with E-state index in [9.17, 15) is 14.4 Å². The van der Waals surface area contributed by atoms with E-state index in [-0.39, 0.29) is 6.61 Å². The van der Waals surface area contributed by atoms with Gasteiger partial charge in [-0.15, -0.1) is 0 Å². The molecule has 0 saturated heterocycles. The molecule has 0 unspecified atom stereocenters. The van der Waals surface area contributed by atoms with Gasteiger partial charge in [-0.3, -0.25) is 25.2 Å². The molecule has 0 bridgehead atoms. The van der Waals surface area contributed by atoms with E-state index < -0.39 is 24.2 Å². The van der Waals surface area contributed by atoms with Gasteiger partial charge in [0.25, 0.3) is 5.91 Å². The van der Waals surface area contributed by atoms with Crippen molar-refractivity contribution in [2.24, 2.45) is 0 Å². The van der Waals surface area contributed by atoms with Crippen molar-refractivity contribution in [1.29, 1.82) is 0 Å². The number of rotatable bonds is 4. The van der Waals surface area contributed by atoms with Gasteiger partial charge >= 0.3 is 5.97 Å². The summed E-state index contributed by atoms with van der Waals surface area (Å²) < 4.78 is 4.59. The normalized spacial score (nSPS) is 9.39. The second kappa shape index (κ2) is 7.05. The number of amides is 2. The number of hydrogen-bond acceptors (Lipinski definition) is 4. The van der Waals surface area contributed by atoms with Crippen molar-refractivity contribution < 1.29 is 19.1 Å². The van der Waals surface area contributed by atoms with Crippen molar-refractivity contribution in [2.75, 3.05) is 6.61 Å². The van der Waals surface area contributed by atoms with Gasteiger partial charge in [-0.2, -0.15) is 0 Å². The standard InChI is InChI=1S/C12H14N2O4/c1-2-18-11(16)8-10(15)13-14-12(17)9-6-4-3-5-7-9/h3-7H,2,8H2,1H3,(H,13,15)(H,14,17). The van der Waals surface area contributed by atoms with E-state index in [0.717, 1.165) is 0 Å². The molecule has 6 nitrogen and oxygen atoms in total. The van der Waals surface area contributed by atoms with Gasteiger partial charge in [-0.05, 0) is 19.1 Å². The molecule has 0 aliphatic carbocycles. The molecule has 0 fully saturated rings. The van der Waals surface area contributed by atoms with E-state index in [1.54, 1.807) is 37.3 Å². The molecule has 96 valence electrons. The van der Waals surface area contributed by atoms with E-state index >= 15 is 0 Å². The molecule has 0 saturated carbocycles. The van der Waals surface area contributed by atoms with Crippen LogP contribution >= 0.6 is 0 Å². The molecule has 0 aliphatic heterocycles. The van der Waals surface area contributed by atoms with Gasteiger partial charge in [0.05, 0.1) is 6.61 Å². The second-order valence-electron chi connectivity index (χ2n) is 3.35. The number of carbonyl (C=O) groups is 3. The molecule has 1 aromatic carbocycles. The summed E-state index contributed by atoms with van der Waals surface area (Å²) in [5.41, 5.74) is 4.74. The van der Waals surface area contributed by atoms with Crippen LogP contribution in [0.3, 0.4) is 0 Å². The summed E-state index contributed by atoms with van der Waals surface area (Å²) in [4.78, 5) is 33.7. The number of hydrogen-bond donors (Lipinski definition) is 2. The van der Waals surface area contributed by atoms with Crippen LogP contribution in [0.4, 0.5) is 0 Å². The summed E-state index contributed by atoms with van der Waals surface area (Å²) in [5.74, 6) is -1.71. The highest BCUT2D eigenvalue weighted by Gasteiger charge is 2.11. The van der Waals surface area contributed by atoms with Crippen molar-refractivity contribution in [3.8, 4) is 0 Å². The fraction of sp³-hybridized carbons (Fsp3) is 0.250. The molecule has 0 aliphatic rings. The zero-order chi connectivity index (χ0) is 13.4. The van der Waals surface area contributed by atoms with Crippen LogP contribution in [0.5, 0.6) is 0 Å². The monoisotopic (exact) mass is 250 g/mol. The van der Waals surface area contributed by atoms with Crippen LogP contribution in [0.25, 0.3) is 0 Å². The summed E-state index contributed by atoms with van der Waals surface area (Å²) in [6.45, 7) is 1.86. The average molecular weight is 250 g/mol. The summed E-state index contributed by atoms with van der Waals surface area (Å²) >= 11 is 0. The minimum atomic E-state index is -0.635. The van der Waals surface area contributed by atoms with Crippen molar-refractivity contribution in [1.82, 2.24) is 10.9 Å². The van der Waals surface area contributed by atoms with Crippen LogP contribution < -0.4 is 10.9 Å². The third-order valence-corrected chi connectivity index (χ3v) is 1.96. The Bertz CT molecular complexity index is 431. The van der Waals surface area contributed by atoms with Crippen LogP contribution in [-0.4, -0.2) is 24.4 Å². The minimum absolute atomic E-state index is 0.211. The van der Waals surface area contributed by atoms with Gasteiger partial charge in [-0.25, -0.2) is 0 Å². The van der Waals surface area contributed by atoms with Crippen molar-refractivity contribution in [2.45, 2.75) is 13.3 Å². The highest BCUT2D eigenvalue weighted by atomic mass is 16.5. The highest BCUT2D eigenvalue weighted by molar-refractivity contribution is 5.98. The van der Waals surface area contributed by atoms with Crippen LogP contribution in [0.2, 0.25) is 0 Å². The van der Waals surface area contributed by atoms with Gasteiger partial charge in [0, 0.05) is 5.56 Å². The molecule has 2 N–H and O–H groups in total. The fourth-order valence-electron chi connectivity index (χ4n) is 1.18. The Morgan fingerprint density at radius 1 is 1.11 bits per heavy atom. The Balaban J connectivity index is 2.35. The predicted octanol–water partition coefficient (Wildman–Crippen LogP) is 0.401. The third-order valence-electron chi connectivity index (χ3n) is 1.96. The SMILES string of the molecule is CCOC(=O)CC(=O)NNC(=O)c1ccccc1. The third kappa shape index (κ3) is 4.65. The number of carbonyl (C=O) groups excluding carboxylic acids is 3. The minimum Gasteiger partial charge on any atom is -0.466 e. The van der Waals surface area contributed by atoms with Crippen LogP contribution in [0, 0.1) is 0 Å². The first-order chi connectivity index (χ1) is 8.63. The van der Waals surface area contributed by atoms with Gasteiger partial charge in [0.15, 0.2) is 0 Å². The summed E-state index contributed by atoms with van der Waals surface area (Å²) in [6, 6.07) is 8.39. The Labute approximate surface area is 104 Å². The Morgan fingerprint density at radius 3 is 2.39 bits per heavy atom. The summed E-state index contributed by atoms with van der Waals surface area (Å²) in [6.07, 6.45) is -0.428. The first-order valence-corrected chi connectivity index (χ1v) is 5.43. The quantitative estimate of drug-likeness (QED) is 0.460. The van der Waals surface area contributed by atoms with Gasteiger partial charge in [-0.1, -0.05) is 18.2 Å². The Kier molecular flexibility index (Phi) is 5.37. The van der Waals surface area contributed by atoms with E-state index in [0.29, 0.717) is 5.56 Å². The lowest BCUT2D eigenvalue weighted by Gasteiger charge is -2.06. The molecule has 0 spiro atoms. The largest absolute Gasteiger partial charge is 0.466 e. The maximum Gasteiger partial charge on any atom is 0.315 e. The second-order valence-corrected chi connectivity index (χ2v) is 3.35. The van der Waals surface area contributed by atoms with Gasteiger partial charge in [0.1, 0.15) is 6.42 Å². The van der Waals surface area contributed by atoms with E-state index in [2.05, 4.69) is 15.6 Å². The highest BCUT2D eigenvalue weighted by Crippen LogP contribution is 1.96. The first kappa shape index (κ1) is 13.7. The molecular weight excluding hydrogens is 236 g/mol. The number of hydrazine groups is 1. The predicted molar refractivity (Wildman–Crippen MR) is 63.3 cm³/mol. The van der Waals surface area contributed by atoms with Crippen LogP contribution in [0.15, 0.2) is 30.3 Å². The van der Waals surface area contributed by atoms with E-state index in [1.165, 1.54) is 0 Å². The van der Waals surface area contributed by atoms with Crippen molar-refractivity contribution >= 4 is 17.8 Å². The Hall–Kier alpha value is -2.37. The van der Waals surface area contributed by atoms with E-state index in [1.807, 2.05) is 0 Å². The molecule has 1 aromatic rings. The maximum absolute atomic E-state index is 11.5.